The van der Waals surface area contributed by atoms with Gasteiger partial charge in [0.1, 0.15) is 6.33 Å². The van der Waals surface area contributed by atoms with Gasteiger partial charge in [0, 0.05) is 0 Å². The minimum atomic E-state index is -0.463. The van der Waals surface area contributed by atoms with Crippen LogP contribution in [0.1, 0.15) is 10.6 Å². The maximum absolute atomic E-state index is 12.0. The molecular weight excluding hydrogens is 262 g/mol. The van der Waals surface area contributed by atoms with Gasteiger partial charge in [0.2, 0.25) is 11.8 Å². The first-order chi connectivity index (χ1) is 9.74. The highest BCUT2D eigenvalue weighted by molar-refractivity contribution is 6.02. The largest absolute Gasteiger partial charge is 0.366 e. The van der Waals surface area contributed by atoms with Gasteiger partial charge in [-0.1, -0.05) is 12.1 Å². The van der Waals surface area contributed by atoms with Crippen LogP contribution in [0.3, 0.4) is 0 Å². The van der Waals surface area contributed by atoms with Gasteiger partial charge < -0.3 is 11.1 Å². The highest BCUT2D eigenvalue weighted by Gasteiger charge is 2.13. The smallest absolute Gasteiger partial charge is 0.293 e. The van der Waals surface area contributed by atoms with Crippen molar-refractivity contribution in [2.45, 2.75) is 0 Å². The lowest BCUT2D eigenvalue weighted by molar-refractivity contribution is 0.101. The fourth-order valence-electron chi connectivity index (χ4n) is 1.61. The lowest BCUT2D eigenvalue weighted by Gasteiger charge is -2.08. The van der Waals surface area contributed by atoms with E-state index in [-0.39, 0.29) is 11.8 Å². The Morgan fingerprint density at radius 3 is 2.90 bits per heavy atom. The summed E-state index contributed by atoms with van der Waals surface area (Å²) in [6.07, 6.45) is 1.43. The van der Waals surface area contributed by atoms with Crippen LogP contribution in [0.25, 0.3) is 5.69 Å². The average molecular weight is 271 g/mol. The summed E-state index contributed by atoms with van der Waals surface area (Å²) >= 11 is 0. The number of rotatable bonds is 3. The van der Waals surface area contributed by atoms with Crippen LogP contribution in [-0.4, -0.2) is 41.3 Å². The topological polar surface area (TPSA) is 140 Å². The first-order valence-corrected chi connectivity index (χ1v) is 5.55. The van der Waals surface area contributed by atoms with Crippen LogP contribution in [0, 0.1) is 0 Å². The van der Waals surface area contributed by atoms with Crippen molar-refractivity contribution >= 4 is 17.5 Å². The van der Waals surface area contributed by atoms with Crippen LogP contribution in [0.15, 0.2) is 30.6 Å². The van der Waals surface area contributed by atoms with E-state index in [0.29, 0.717) is 11.4 Å². The number of aromatic nitrogens is 7. The molecule has 0 unspecified atom stereocenters. The number of tetrazole rings is 1. The van der Waals surface area contributed by atoms with Crippen molar-refractivity contribution in [3.8, 4) is 5.69 Å². The molecule has 10 heteroatoms. The molecule has 0 aliphatic heterocycles. The molecule has 2 aromatic heterocycles. The van der Waals surface area contributed by atoms with Crippen LogP contribution in [0.2, 0.25) is 0 Å². The number of anilines is 2. The summed E-state index contributed by atoms with van der Waals surface area (Å²) in [7, 11) is 0. The lowest BCUT2D eigenvalue weighted by atomic mass is 10.2. The third-order valence-electron chi connectivity index (χ3n) is 2.47. The Morgan fingerprint density at radius 2 is 2.20 bits per heavy atom. The second-order valence-electron chi connectivity index (χ2n) is 3.77. The van der Waals surface area contributed by atoms with Gasteiger partial charge in [0.15, 0.2) is 0 Å². The van der Waals surface area contributed by atoms with Crippen LogP contribution < -0.4 is 11.1 Å². The van der Waals surface area contributed by atoms with E-state index in [1.165, 1.54) is 11.0 Å². The molecule has 3 rings (SSSR count). The Morgan fingerprint density at radius 1 is 1.35 bits per heavy atom. The minimum absolute atomic E-state index is 0.00362. The van der Waals surface area contributed by atoms with E-state index in [4.69, 9.17) is 5.73 Å². The number of nitrogens with one attached hydrogen (secondary N) is 2. The van der Waals surface area contributed by atoms with E-state index in [0.717, 1.165) is 0 Å². The van der Waals surface area contributed by atoms with E-state index < -0.39 is 5.91 Å². The van der Waals surface area contributed by atoms with Gasteiger partial charge in [-0.25, -0.2) is 0 Å². The molecule has 4 N–H and O–H groups in total. The van der Waals surface area contributed by atoms with E-state index in [1.54, 1.807) is 24.3 Å². The Kier molecular flexibility index (Phi) is 2.80. The number of aromatic amines is 1. The van der Waals surface area contributed by atoms with Gasteiger partial charge in [-0.2, -0.15) is 9.67 Å². The molecule has 0 saturated heterocycles. The summed E-state index contributed by atoms with van der Waals surface area (Å²) in [6.45, 7) is 0. The molecule has 0 aliphatic rings. The SMILES string of the molecule is Nc1n[nH]c(C(=O)Nc2ccccc2-n2cnnn2)n1. The van der Waals surface area contributed by atoms with Gasteiger partial charge in [-0.15, -0.1) is 10.2 Å². The maximum Gasteiger partial charge on any atom is 0.293 e. The van der Waals surface area contributed by atoms with Crippen molar-refractivity contribution in [2.24, 2.45) is 0 Å². The van der Waals surface area contributed by atoms with Gasteiger partial charge >= 0.3 is 0 Å². The zero-order chi connectivity index (χ0) is 13.9. The number of H-pyrrole nitrogens is 1. The quantitative estimate of drug-likeness (QED) is 0.589. The monoisotopic (exact) mass is 271 g/mol. The van der Waals surface area contributed by atoms with Crippen molar-refractivity contribution in [2.75, 3.05) is 11.1 Å². The molecular formula is C10H9N9O. The zero-order valence-corrected chi connectivity index (χ0v) is 10.1. The number of nitrogens with two attached hydrogens (primary N) is 1. The molecule has 0 saturated carbocycles. The molecule has 2 heterocycles. The van der Waals surface area contributed by atoms with Gasteiger partial charge in [-0.05, 0) is 22.6 Å². The number of hydrogen-bond acceptors (Lipinski definition) is 7. The summed E-state index contributed by atoms with van der Waals surface area (Å²) in [6, 6.07) is 7.06. The fourth-order valence-corrected chi connectivity index (χ4v) is 1.61. The van der Waals surface area contributed by atoms with Crippen LogP contribution in [-0.2, 0) is 0 Å². The number of nitrogens with zero attached hydrogens (tertiary/aromatic N) is 6. The molecule has 0 aliphatic carbocycles. The molecule has 0 spiro atoms. The van der Waals surface area contributed by atoms with Crippen molar-refractivity contribution in [1.29, 1.82) is 0 Å². The van der Waals surface area contributed by atoms with E-state index >= 15 is 0 Å². The van der Waals surface area contributed by atoms with Gasteiger partial charge in [-0.3, -0.25) is 9.89 Å². The number of carbonyl (C=O) groups is 1. The molecule has 10 nitrogen and oxygen atoms in total. The van der Waals surface area contributed by atoms with E-state index in [2.05, 4.69) is 36.0 Å². The Bertz CT molecular complexity index is 733. The first-order valence-electron chi connectivity index (χ1n) is 5.55. The van der Waals surface area contributed by atoms with Crippen molar-refractivity contribution < 1.29 is 4.79 Å². The molecule has 20 heavy (non-hydrogen) atoms. The number of hydrogen-bond donors (Lipinski definition) is 3. The standard InChI is InChI=1S/C10H9N9O/c11-10-14-8(15-16-10)9(20)13-6-3-1-2-4-7(6)19-5-12-17-18-19/h1-5H,(H,13,20)(H3,11,14,15,16). The Balaban J connectivity index is 1.90. The summed E-state index contributed by atoms with van der Waals surface area (Å²) in [5.41, 5.74) is 6.50. The predicted molar refractivity (Wildman–Crippen MR) is 67.9 cm³/mol. The Labute approximate surface area is 112 Å². The third kappa shape index (κ3) is 2.16. The van der Waals surface area contributed by atoms with Crippen LogP contribution in [0.5, 0.6) is 0 Å². The molecule has 0 radical (unpaired) electrons. The molecule has 0 bridgehead atoms. The second kappa shape index (κ2) is 4.76. The molecule has 1 aromatic carbocycles. The van der Waals surface area contributed by atoms with Gasteiger partial charge in [0.05, 0.1) is 11.4 Å². The molecule has 100 valence electrons. The zero-order valence-electron chi connectivity index (χ0n) is 10.1. The van der Waals surface area contributed by atoms with Crippen LogP contribution >= 0.6 is 0 Å². The number of para-hydroxylation sites is 2. The summed E-state index contributed by atoms with van der Waals surface area (Å²) in [5.74, 6) is -0.437. The number of amides is 1. The number of carbonyl (C=O) groups excluding carboxylic acids is 1. The molecule has 1 amide bonds. The molecule has 0 fully saturated rings. The molecule has 0 atom stereocenters. The van der Waals surface area contributed by atoms with Crippen molar-refractivity contribution in [3.05, 3.63) is 36.4 Å². The van der Waals surface area contributed by atoms with Gasteiger partial charge in [0.25, 0.3) is 5.91 Å². The fraction of sp³-hybridized carbons (Fsp3) is 0. The Hall–Kier alpha value is -3.30. The minimum Gasteiger partial charge on any atom is -0.366 e. The van der Waals surface area contributed by atoms with Crippen LogP contribution in [0.4, 0.5) is 11.6 Å². The summed E-state index contributed by atoms with van der Waals surface area (Å²) < 4.78 is 1.43. The third-order valence-corrected chi connectivity index (χ3v) is 2.47. The van der Waals surface area contributed by atoms with E-state index in [1.807, 2.05) is 0 Å². The maximum atomic E-state index is 12.0. The summed E-state index contributed by atoms with van der Waals surface area (Å²) in [4.78, 5) is 15.7. The highest BCUT2D eigenvalue weighted by Crippen LogP contribution is 2.18. The number of nitrogen functional groups attached to an aromatic ring is 1. The lowest BCUT2D eigenvalue weighted by Crippen LogP contribution is -2.15. The summed E-state index contributed by atoms with van der Waals surface area (Å²) in [5, 5.41) is 19.6. The predicted octanol–water partition coefficient (Wildman–Crippen LogP) is -0.385. The van der Waals surface area contributed by atoms with Crippen molar-refractivity contribution in [3.63, 3.8) is 0 Å². The van der Waals surface area contributed by atoms with E-state index in [9.17, 15) is 4.79 Å². The highest BCUT2D eigenvalue weighted by atomic mass is 16.2. The number of benzene rings is 1. The second-order valence-corrected chi connectivity index (χ2v) is 3.77. The molecule has 3 aromatic rings. The van der Waals surface area contributed by atoms with Crippen molar-refractivity contribution in [1.82, 2.24) is 35.4 Å². The normalized spacial score (nSPS) is 10.4. The average Bonchev–Trinajstić information content (AvgIpc) is 3.10. The first kappa shape index (κ1) is 11.8.